The Labute approximate surface area is 112 Å². The molecule has 1 N–H and O–H groups in total. The molecule has 0 unspecified atom stereocenters. The molecule has 0 saturated carbocycles. The van der Waals surface area contributed by atoms with E-state index in [1.54, 1.807) is 6.07 Å². The highest BCUT2D eigenvalue weighted by Crippen LogP contribution is 2.22. The lowest BCUT2D eigenvalue weighted by molar-refractivity contribution is 0.0497. The van der Waals surface area contributed by atoms with Crippen molar-refractivity contribution in [2.75, 3.05) is 26.4 Å². The maximum Gasteiger partial charge on any atom is 0.135 e. The zero-order chi connectivity index (χ0) is 13.5. The summed E-state index contributed by atoms with van der Waals surface area (Å²) >= 11 is 0. The van der Waals surface area contributed by atoms with Gasteiger partial charge in [-0.05, 0) is 37.0 Å². The number of aliphatic hydroxyl groups is 1. The Kier molecular flexibility index (Phi) is 5.20. The molecule has 102 valence electrons. The van der Waals surface area contributed by atoms with E-state index in [-0.39, 0.29) is 12.4 Å². The van der Waals surface area contributed by atoms with Crippen LogP contribution < -0.4 is 4.74 Å². The second-order valence-corrected chi connectivity index (χ2v) is 4.47. The van der Waals surface area contributed by atoms with Gasteiger partial charge in [-0.3, -0.25) is 0 Å². The SMILES string of the molecule is OCC#Cc1cc(F)ccc1OCC1CCOCC1. The van der Waals surface area contributed by atoms with Crippen LogP contribution in [0.1, 0.15) is 18.4 Å². The molecular weight excluding hydrogens is 247 g/mol. The maximum atomic E-state index is 13.2. The second-order valence-electron chi connectivity index (χ2n) is 4.47. The fourth-order valence-electron chi connectivity index (χ4n) is 1.98. The van der Waals surface area contributed by atoms with Gasteiger partial charge >= 0.3 is 0 Å². The lowest BCUT2D eigenvalue weighted by Gasteiger charge is -2.22. The molecule has 0 aromatic heterocycles. The van der Waals surface area contributed by atoms with Crippen molar-refractivity contribution in [3.63, 3.8) is 0 Å². The van der Waals surface area contributed by atoms with E-state index in [2.05, 4.69) is 11.8 Å². The van der Waals surface area contributed by atoms with Gasteiger partial charge in [-0.1, -0.05) is 11.8 Å². The van der Waals surface area contributed by atoms with Crippen LogP contribution in [0, 0.1) is 23.6 Å². The third kappa shape index (κ3) is 4.23. The second kappa shape index (κ2) is 7.13. The Bertz CT molecular complexity index is 470. The molecule has 19 heavy (non-hydrogen) atoms. The molecule has 3 nitrogen and oxygen atoms in total. The highest BCUT2D eigenvalue weighted by Gasteiger charge is 2.15. The Hall–Kier alpha value is -1.57. The van der Waals surface area contributed by atoms with E-state index in [0.717, 1.165) is 26.1 Å². The van der Waals surface area contributed by atoms with Gasteiger partial charge in [0.2, 0.25) is 0 Å². The first-order valence-electron chi connectivity index (χ1n) is 6.39. The van der Waals surface area contributed by atoms with Gasteiger partial charge in [-0.2, -0.15) is 0 Å². The van der Waals surface area contributed by atoms with Crippen LogP contribution in [0.4, 0.5) is 4.39 Å². The molecule has 1 heterocycles. The largest absolute Gasteiger partial charge is 0.492 e. The molecule has 1 aliphatic rings. The van der Waals surface area contributed by atoms with E-state index in [1.165, 1.54) is 12.1 Å². The quantitative estimate of drug-likeness (QED) is 0.848. The van der Waals surface area contributed by atoms with Crippen LogP contribution in [0.25, 0.3) is 0 Å². The van der Waals surface area contributed by atoms with Crippen molar-refractivity contribution in [1.29, 1.82) is 0 Å². The van der Waals surface area contributed by atoms with Crippen LogP contribution in [0.5, 0.6) is 5.75 Å². The average molecular weight is 264 g/mol. The number of rotatable bonds is 3. The lowest BCUT2D eigenvalue weighted by Crippen LogP contribution is -2.21. The van der Waals surface area contributed by atoms with Crippen molar-refractivity contribution in [3.05, 3.63) is 29.6 Å². The first kappa shape index (κ1) is 13.9. The molecule has 0 atom stereocenters. The van der Waals surface area contributed by atoms with Crippen LogP contribution in [0.2, 0.25) is 0 Å². The van der Waals surface area contributed by atoms with Crippen LogP contribution >= 0.6 is 0 Å². The molecule has 4 heteroatoms. The number of hydrogen-bond donors (Lipinski definition) is 1. The van der Waals surface area contributed by atoms with Crippen molar-refractivity contribution < 1.29 is 19.0 Å². The van der Waals surface area contributed by atoms with Gasteiger partial charge < -0.3 is 14.6 Å². The van der Waals surface area contributed by atoms with Gasteiger partial charge in [0.05, 0.1) is 12.2 Å². The van der Waals surface area contributed by atoms with Crippen molar-refractivity contribution in [2.45, 2.75) is 12.8 Å². The van der Waals surface area contributed by atoms with Crippen LogP contribution in [0.15, 0.2) is 18.2 Å². The average Bonchev–Trinajstić information content (AvgIpc) is 2.45. The molecule has 1 aromatic rings. The summed E-state index contributed by atoms with van der Waals surface area (Å²) in [4.78, 5) is 0. The highest BCUT2D eigenvalue weighted by atomic mass is 19.1. The van der Waals surface area contributed by atoms with E-state index in [0.29, 0.717) is 23.8 Å². The zero-order valence-electron chi connectivity index (χ0n) is 10.7. The summed E-state index contributed by atoms with van der Waals surface area (Å²) in [5.74, 6) is 5.88. The normalized spacial score (nSPS) is 15.7. The smallest absolute Gasteiger partial charge is 0.135 e. The minimum atomic E-state index is -0.361. The molecule has 0 spiro atoms. The third-order valence-electron chi connectivity index (χ3n) is 3.06. The minimum absolute atomic E-state index is 0.254. The molecule has 0 radical (unpaired) electrons. The summed E-state index contributed by atoms with van der Waals surface area (Å²) in [6.45, 7) is 1.88. The van der Waals surface area contributed by atoms with Crippen molar-refractivity contribution >= 4 is 0 Å². The summed E-state index contributed by atoms with van der Waals surface area (Å²) in [6, 6.07) is 4.25. The van der Waals surface area contributed by atoms with Crippen LogP contribution in [-0.2, 0) is 4.74 Å². The molecule has 1 aromatic carbocycles. The highest BCUT2D eigenvalue weighted by molar-refractivity contribution is 5.46. The van der Waals surface area contributed by atoms with Crippen molar-refractivity contribution in [3.8, 4) is 17.6 Å². The summed E-state index contributed by atoms with van der Waals surface area (Å²) in [6.07, 6.45) is 1.97. The van der Waals surface area contributed by atoms with Crippen LogP contribution in [-0.4, -0.2) is 31.5 Å². The van der Waals surface area contributed by atoms with Gasteiger partial charge in [0.15, 0.2) is 0 Å². The first-order chi connectivity index (χ1) is 9.29. The van der Waals surface area contributed by atoms with E-state index in [4.69, 9.17) is 14.6 Å². The fourth-order valence-corrected chi connectivity index (χ4v) is 1.98. The predicted molar refractivity (Wildman–Crippen MR) is 69.4 cm³/mol. The van der Waals surface area contributed by atoms with Gasteiger partial charge in [0.25, 0.3) is 0 Å². The number of ether oxygens (including phenoxy) is 2. The Morgan fingerprint density at radius 3 is 2.89 bits per heavy atom. The molecule has 0 bridgehead atoms. The summed E-state index contributed by atoms with van der Waals surface area (Å²) in [7, 11) is 0. The molecule has 2 rings (SSSR count). The maximum absolute atomic E-state index is 13.2. The lowest BCUT2D eigenvalue weighted by atomic mass is 10.0. The molecule has 1 fully saturated rings. The van der Waals surface area contributed by atoms with Gasteiger partial charge in [-0.25, -0.2) is 4.39 Å². The van der Waals surface area contributed by atoms with Gasteiger partial charge in [0.1, 0.15) is 18.2 Å². The molecule has 1 aliphatic heterocycles. The van der Waals surface area contributed by atoms with Gasteiger partial charge in [-0.15, -0.1) is 0 Å². The number of halogens is 1. The molecule has 0 amide bonds. The Morgan fingerprint density at radius 2 is 2.16 bits per heavy atom. The summed E-state index contributed by atoms with van der Waals surface area (Å²) in [5, 5.41) is 8.70. The van der Waals surface area contributed by atoms with Crippen molar-refractivity contribution in [1.82, 2.24) is 0 Å². The third-order valence-corrected chi connectivity index (χ3v) is 3.06. The van der Waals surface area contributed by atoms with E-state index < -0.39 is 0 Å². The Morgan fingerprint density at radius 1 is 1.37 bits per heavy atom. The first-order valence-corrected chi connectivity index (χ1v) is 6.39. The fraction of sp³-hybridized carbons (Fsp3) is 0.467. The van der Waals surface area contributed by atoms with E-state index >= 15 is 0 Å². The summed E-state index contributed by atoms with van der Waals surface area (Å²) in [5.41, 5.74) is 0.473. The molecular formula is C15H17FO3. The van der Waals surface area contributed by atoms with Crippen molar-refractivity contribution in [2.24, 2.45) is 5.92 Å². The van der Waals surface area contributed by atoms with E-state index in [9.17, 15) is 4.39 Å². The summed E-state index contributed by atoms with van der Waals surface area (Å²) < 4.78 is 24.2. The number of benzene rings is 1. The monoisotopic (exact) mass is 264 g/mol. The van der Waals surface area contributed by atoms with E-state index in [1.807, 2.05) is 0 Å². The molecule has 1 saturated heterocycles. The van der Waals surface area contributed by atoms with Crippen LogP contribution in [0.3, 0.4) is 0 Å². The number of hydrogen-bond acceptors (Lipinski definition) is 3. The predicted octanol–water partition coefficient (Wildman–Crippen LogP) is 1.97. The minimum Gasteiger partial charge on any atom is -0.492 e. The molecule has 0 aliphatic carbocycles. The standard InChI is InChI=1S/C15H17FO3/c16-14-3-4-15(13(10-14)2-1-7-17)19-11-12-5-8-18-9-6-12/h3-4,10,12,17H,5-9,11H2. The number of aliphatic hydroxyl groups excluding tert-OH is 1. The Balaban J connectivity index is 2.02. The zero-order valence-corrected chi connectivity index (χ0v) is 10.7. The van der Waals surface area contributed by atoms with Gasteiger partial charge in [0, 0.05) is 13.2 Å². The topological polar surface area (TPSA) is 38.7 Å².